The fraction of sp³-hybridized carbons (Fsp3) is 0.429. The summed E-state index contributed by atoms with van der Waals surface area (Å²) in [7, 11) is -7.08. The monoisotopic (exact) mass is 763 g/mol. The van der Waals surface area contributed by atoms with Crippen molar-refractivity contribution in [2.24, 2.45) is 4.99 Å². The van der Waals surface area contributed by atoms with E-state index in [1.54, 1.807) is 60.9 Å². The molecule has 0 spiro atoms. The maximum atomic E-state index is 14.9. The van der Waals surface area contributed by atoms with Crippen molar-refractivity contribution in [3.05, 3.63) is 93.0 Å². The lowest BCUT2D eigenvalue weighted by Crippen LogP contribution is -2.54. The van der Waals surface area contributed by atoms with E-state index in [9.17, 15) is 21.6 Å². The van der Waals surface area contributed by atoms with E-state index in [0.717, 1.165) is 11.1 Å². The molecule has 3 aromatic rings. The van der Waals surface area contributed by atoms with Crippen LogP contribution in [0.4, 0.5) is 4.79 Å². The van der Waals surface area contributed by atoms with Gasteiger partial charge in [-0.05, 0) is 80.8 Å². The molecule has 3 aromatic carbocycles. The van der Waals surface area contributed by atoms with Crippen molar-refractivity contribution in [2.75, 3.05) is 51.3 Å². The normalized spacial score (nSPS) is 18.8. The Morgan fingerprint density at radius 1 is 0.940 bits per heavy atom. The topological polar surface area (TPSA) is 129 Å². The van der Waals surface area contributed by atoms with Crippen molar-refractivity contribution in [2.45, 2.75) is 50.7 Å². The number of amides is 2. The zero-order chi connectivity index (χ0) is 36.4. The number of ether oxygens (including phenoxy) is 1. The molecule has 11 nitrogen and oxygen atoms in total. The van der Waals surface area contributed by atoms with Crippen molar-refractivity contribution in [3.63, 3.8) is 0 Å². The van der Waals surface area contributed by atoms with Crippen molar-refractivity contribution < 1.29 is 26.4 Å². The van der Waals surface area contributed by atoms with Gasteiger partial charge in [-0.25, -0.2) is 26.4 Å². The predicted molar refractivity (Wildman–Crippen MR) is 198 cm³/mol. The van der Waals surface area contributed by atoms with Gasteiger partial charge < -0.3 is 9.64 Å². The number of rotatable bonds is 11. The summed E-state index contributed by atoms with van der Waals surface area (Å²) in [6.45, 7) is 9.40. The molecule has 2 atom stereocenters. The van der Waals surface area contributed by atoms with Crippen molar-refractivity contribution >= 4 is 54.9 Å². The lowest BCUT2D eigenvalue weighted by atomic mass is 9.93. The van der Waals surface area contributed by atoms with E-state index in [1.165, 1.54) is 12.3 Å². The van der Waals surface area contributed by atoms with E-state index in [0.29, 0.717) is 66.3 Å². The number of amidine groups is 1. The minimum Gasteiger partial charge on any atom is -0.493 e. The molecule has 1 N–H and O–H groups in total. The second kappa shape index (κ2) is 15.6. The maximum Gasteiger partial charge on any atom is 0.326 e. The van der Waals surface area contributed by atoms with Crippen LogP contribution in [0.15, 0.2) is 70.6 Å². The molecule has 1 fully saturated rings. The van der Waals surface area contributed by atoms with E-state index in [4.69, 9.17) is 32.9 Å². The number of urea groups is 1. The highest BCUT2D eigenvalue weighted by Gasteiger charge is 2.45. The summed E-state index contributed by atoms with van der Waals surface area (Å²) in [4.78, 5) is 25.5. The quantitative estimate of drug-likeness (QED) is 0.265. The summed E-state index contributed by atoms with van der Waals surface area (Å²) < 4.78 is 59.6. The Morgan fingerprint density at radius 3 is 2.06 bits per heavy atom. The number of halogens is 2. The first-order valence-corrected chi connectivity index (χ1v) is 20.7. The van der Waals surface area contributed by atoms with E-state index in [2.05, 4.69) is 4.72 Å². The molecule has 50 heavy (non-hydrogen) atoms. The van der Waals surface area contributed by atoms with Crippen LogP contribution in [-0.2, 0) is 19.9 Å². The molecule has 0 saturated carbocycles. The molecule has 2 aliphatic heterocycles. The van der Waals surface area contributed by atoms with E-state index < -0.39 is 31.9 Å². The standard InChI is InChI=1S/C35H43Cl2N5O6S2/c1-6-48-30-21-24(4)31(50(46,47)39-23(2)3)22-29(30)34-38-32(25-7-11-27(36)12-8-25)33(26-9-13-28(37)14-10-26)42(34)35(43)41-17-15-40(16-18-41)19-20-49(5,44)45/h7-14,21-23,32-33,39H,6,15-20H2,1-5H3/t32-,33+/m0/s1. The molecule has 2 aliphatic rings. The number of nitrogens with one attached hydrogen (secondary N) is 1. The zero-order valence-electron chi connectivity index (χ0n) is 28.8. The first-order valence-electron chi connectivity index (χ1n) is 16.4. The number of benzene rings is 3. The van der Waals surface area contributed by atoms with Gasteiger partial charge in [-0.3, -0.25) is 14.8 Å². The summed E-state index contributed by atoms with van der Waals surface area (Å²) in [5, 5.41) is 1.08. The van der Waals surface area contributed by atoms with Crippen LogP contribution in [-0.4, -0.2) is 101 Å². The highest BCUT2D eigenvalue weighted by atomic mass is 35.5. The number of piperazine rings is 1. The number of sulfonamides is 1. The maximum absolute atomic E-state index is 14.9. The molecule has 0 unspecified atom stereocenters. The summed E-state index contributed by atoms with van der Waals surface area (Å²) in [6, 6.07) is 15.8. The summed E-state index contributed by atoms with van der Waals surface area (Å²) in [6.07, 6.45) is 1.21. The molecule has 0 radical (unpaired) electrons. The summed E-state index contributed by atoms with van der Waals surface area (Å²) >= 11 is 12.6. The largest absolute Gasteiger partial charge is 0.493 e. The number of carbonyl (C=O) groups excluding carboxylic acids is 1. The van der Waals surface area contributed by atoms with Crippen LogP contribution in [0.3, 0.4) is 0 Å². The molecule has 0 aromatic heterocycles. The third kappa shape index (κ3) is 8.80. The number of aryl methyl sites for hydroxylation is 1. The van der Waals surface area contributed by atoms with Gasteiger partial charge >= 0.3 is 6.03 Å². The van der Waals surface area contributed by atoms with Crippen molar-refractivity contribution in [1.29, 1.82) is 0 Å². The zero-order valence-corrected chi connectivity index (χ0v) is 31.9. The number of aliphatic imine (C=N–C) groups is 1. The lowest BCUT2D eigenvalue weighted by molar-refractivity contribution is 0.122. The van der Waals surface area contributed by atoms with Gasteiger partial charge in [-0.1, -0.05) is 47.5 Å². The molecule has 270 valence electrons. The number of sulfone groups is 1. The van der Waals surface area contributed by atoms with Crippen LogP contribution in [0.5, 0.6) is 5.75 Å². The molecule has 2 heterocycles. The molecule has 2 amide bonds. The van der Waals surface area contributed by atoms with Crippen LogP contribution in [0, 0.1) is 6.92 Å². The number of carbonyl (C=O) groups is 1. The first kappa shape index (κ1) is 38.0. The highest BCUT2D eigenvalue weighted by Crippen LogP contribution is 2.46. The molecule has 0 aliphatic carbocycles. The average molecular weight is 765 g/mol. The molecule has 0 bridgehead atoms. The third-order valence-corrected chi connectivity index (χ3v) is 11.8. The first-order chi connectivity index (χ1) is 23.6. The minimum absolute atomic E-state index is 0.0375. The molecular weight excluding hydrogens is 721 g/mol. The lowest BCUT2D eigenvalue weighted by Gasteiger charge is -2.39. The van der Waals surface area contributed by atoms with Gasteiger partial charge in [0, 0.05) is 55.1 Å². The van der Waals surface area contributed by atoms with Crippen LogP contribution in [0.1, 0.15) is 55.1 Å². The fourth-order valence-corrected chi connectivity index (χ4v) is 8.58. The fourth-order valence-electron chi connectivity index (χ4n) is 6.24. The Balaban J connectivity index is 1.67. The van der Waals surface area contributed by atoms with Crippen LogP contribution in [0.2, 0.25) is 10.0 Å². The molecule has 5 rings (SSSR count). The predicted octanol–water partition coefficient (Wildman–Crippen LogP) is 5.71. The average Bonchev–Trinajstić information content (AvgIpc) is 3.44. The Bertz CT molecular complexity index is 1950. The summed E-state index contributed by atoms with van der Waals surface area (Å²) in [5.41, 5.74) is 2.41. The Hall–Kier alpha value is -3.20. The van der Waals surface area contributed by atoms with Crippen LogP contribution in [0.25, 0.3) is 0 Å². The van der Waals surface area contributed by atoms with Gasteiger partial charge in [-0.15, -0.1) is 0 Å². The van der Waals surface area contributed by atoms with Gasteiger partial charge in [0.05, 0.1) is 28.9 Å². The third-order valence-electron chi connectivity index (χ3n) is 8.62. The minimum atomic E-state index is -3.95. The Labute approximate surface area is 305 Å². The second-order valence-electron chi connectivity index (χ2n) is 12.9. The van der Waals surface area contributed by atoms with E-state index in [1.807, 2.05) is 36.1 Å². The smallest absolute Gasteiger partial charge is 0.326 e. The second-order valence-corrected chi connectivity index (χ2v) is 17.7. The van der Waals surface area contributed by atoms with Gasteiger partial charge in [0.25, 0.3) is 0 Å². The molecule has 1 saturated heterocycles. The van der Waals surface area contributed by atoms with Gasteiger partial charge in [0.1, 0.15) is 27.5 Å². The van der Waals surface area contributed by atoms with Gasteiger partial charge in [-0.2, -0.15) is 0 Å². The van der Waals surface area contributed by atoms with Crippen molar-refractivity contribution in [3.8, 4) is 5.75 Å². The van der Waals surface area contributed by atoms with Gasteiger partial charge in [0.15, 0.2) is 0 Å². The number of hydrogen-bond donors (Lipinski definition) is 1. The molecular formula is C35H43Cl2N5O6S2. The SMILES string of the molecule is CCOc1cc(C)c(S(=O)(=O)NC(C)C)cc1C1=N[C@@H](c2ccc(Cl)cc2)[C@@H](c2ccc(Cl)cc2)N1C(=O)N1CCN(CCS(C)(=O)=O)CC1. The van der Waals surface area contributed by atoms with Gasteiger partial charge in [0.2, 0.25) is 10.0 Å². The van der Waals surface area contributed by atoms with E-state index >= 15 is 0 Å². The summed E-state index contributed by atoms with van der Waals surface area (Å²) in [5.74, 6) is 0.691. The van der Waals surface area contributed by atoms with E-state index in [-0.39, 0.29) is 28.6 Å². The Kier molecular flexibility index (Phi) is 11.9. The van der Waals surface area contributed by atoms with Crippen LogP contribution < -0.4 is 9.46 Å². The number of nitrogens with zero attached hydrogens (tertiary/aromatic N) is 4. The Morgan fingerprint density at radius 2 is 1.52 bits per heavy atom. The highest BCUT2D eigenvalue weighted by molar-refractivity contribution is 7.90. The molecule has 15 heteroatoms. The van der Waals surface area contributed by atoms with Crippen LogP contribution >= 0.6 is 23.2 Å². The number of hydrogen-bond acceptors (Lipinski definition) is 8. The van der Waals surface area contributed by atoms with Crippen molar-refractivity contribution in [1.82, 2.24) is 19.4 Å².